The van der Waals surface area contributed by atoms with E-state index in [2.05, 4.69) is 39.4 Å². The van der Waals surface area contributed by atoms with Crippen LogP contribution in [0.2, 0.25) is 0 Å². The van der Waals surface area contributed by atoms with Crippen molar-refractivity contribution in [3.8, 4) is 0 Å². The van der Waals surface area contributed by atoms with Crippen LogP contribution in [-0.4, -0.2) is 26.5 Å². The molecule has 1 saturated heterocycles. The third-order valence-corrected chi connectivity index (χ3v) is 6.49. The molecular formula is C14H18BrNO2S. The van der Waals surface area contributed by atoms with E-state index < -0.39 is 9.84 Å². The Bertz CT molecular complexity index is 585. The lowest BCUT2D eigenvalue weighted by molar-refractivity contribution is 0.456. The molecule has 1 aliphatic carbocycles. The number of fused-ring (bicyclic) bond motifs is 1. The molecule has 1 heterocycles. The molecular weight excluding hydrogens is 326 g/mol. The summed E-state index contributed by atoms with van der Waals surface area (Å²) in [5.74, 6) is 1.03. The fourth-order valence-corrected chi connectivity index (χ4v) is 5.41. The zero-order valence-electron chi connectivity index (χ0n) is 10.7. The predicted octanol–water partition coefficient (Wildman–Crippen LogP) is 2.46. The second-order valence-corrected chi connectivity index (χ2v) is 8.76. The predicted molar refractivity (Wildman–Crippen MR) is 80.0 cm³/mol. The van der Waals surface area contributed by atoms with E-state index in [-0.39, 0.29) is 0 Å². The minimum Gasteiger partial charge on any atom is -0.310 e. The lowest BCUT2D eigenvalue weighted by Gasteiger charge is -2.16. The first-order valence-electron chi connectivity index (χ1n) is 6.76. The number of rotatable bonds is 3. The highest BCUT2D eigenvalue weighted by Gasteiger charge is 2.29. The Labute approximate surface area is 122 Å². The molecule has 0 spiro atoms. The van der Waals surface area contributed by atoms with Gasteiger partial charge in [-0.25, -0.2) is 8.42 Å². The fraction of sp³-hybridized carbons (Fsp3) is 0.571. The van der Waals surface area contributed by atoms with Crippen LogP contribution in [0.15, 0.2) is 22.7 Å². The van der Waals surface area contributed by atoms with E-state index in [0.717, 1.165) is 30.3 Å². The molecule has 1 N–H and O–H groups in total. The van der Waals surface area contributed by atoms with E-state index >= 15 is 0 Å². The van der Waals surface area contributed by atoms with Crippen LogP contribution in [0.3, 0.4) is 0 Å². The number of nitrogens with one attached hydrogen (secondary N) is 1. The zero-order valence-corrected chi connectivity index (χ0v) is 13.1. The van der Waals surface area contributed by atoms with Gasteiger partial charge in [-0.2, -0.15) is 0 Å². The SMILES string of the molecule is O=S1(=O)CCC(CNC2CCc3cc(Br)ccc32)C1. The Kier molecular flexibility index (Phi) is 3.71. The summed E-state index contributed by atoms with van der Waals surface area (Å²) in [7, 11) is -2.75. The molecule has 19 heavy (non-hydrogen) atoms. The lowest BCUT2D eigenvalue weighted by Crippen LogP contribution is -2.26. The summed E-state index contributed by atoms with van der Waals surface area (Å²) in [4.78, 5) is 0. The highest BCUT2D eigenvalue weighted by atomic mass is 79.9. The van der Waals surface area contributed by atoms with Gasteiger partial charge in [0.2, 0.25) is 0 Å². The van der Waals surface area contributed by atoms with Crippen molar-refractivity contribution in [2.45, 2.75) is 25.3 Å². The topological polar surface area (TPSA) is 46.2 Å². The van der Waals surface area contributed by atoms with Crippen molar-refractivity contribution in [2.24, 2.45) is 5.92 Å². The quantitative estimate of drug-likeness (QED) is 0.916. The molecule has 0 aromatic heterocycles. The van der Waals surface area contributed by atoms with Crippen LogP contribution in [0.1, 0.15) is 30.0 Å². The third-order valence-electron chi connectivity index (χ3n) is 4.16. The van der Waals surface area contributed by atoms with Crippen LogP contribution in [0.25, 0.3) is 0 Å². The number of benzene rings is 1. The van der Waals surface area contributed by atoms with Crippen molar-refractivity contribution in [1.29, 1.82) is 0 Å². The summed E-state index contributed by atoms with van der Waals surface area (Å²) < 4.78 is 24.0. The molecule has 1 aliphatic heterocycles. The van der Waals surface area contributed by atoms with E-state index in [1.54, 1.807) is 0 Å². The molecule has 0 saturated carbocycles. The molecule has 2 atom stereocenters. The van der Waals surface area contributed by atoms with Gasteiger partial charge >= 0.3 is 0 Å². The number of hydrogen-bond donors (Lipinski definition) is 1. The number of halogens is 1. The molecule has 1 aromatic rings. The summed E-state index contributed by atoms with van der Waals surface area (Å²) in [6.45, 7) is 0.819. The van der Waals surface area contributed by atoms with Gasteiger partial charge in [0.05, 0.1) is 11.5 Å². The van der Waals surface area contributed by atoms with Crippen molar-refractivity contribution in [3.05, 3.63) is 33.8 Å². The van der Waals surface area contributed by atoms with Gasteiger partial charge in [-0.3, -0.25) is 0 Å². The van der Waals surface area contributed by atoms with E-state index in [4.69, 9.17) is 0 Å². The monoisotopic (exact) mass is 343 g/mol. The Balaban J connectivity index is 1.61. The van der Waals surface area contributed by atoms with Gasteiger partial charge in [0, 0.05) is 10.5 Å². The van der Waals surface area contributed by atoms with E-state index in [1.807, 2.05) is 0 Å². The molecule has 2 unspecified atom stereocenters. The number of aryl methyl sites for hydroxylation is 1. The molecule has 1 aromatic carbocycles. The second kappa shape index (κ2) is 5.19. The maximum Gasteiger partial charge on any atom is 0.150 e. The standard InChI is InChI=1S/C14H18BrNO2S/c15-12-2-3-13-11(7-12)1-4-14(13)16-8-10-5-6-19(17,18)9-10/h2-3,7,10,14,16H,1,4-6,8-9H2. The first kappa shape index (κ1) is 13.6. The summed E-state index contributed by atoms with van der Waals surface area (Å²) >= 11 is 3.50. The van der Waals surface area contributed by atoms with Crippen molar-refractivity contribution in [3.63, 3.8) is 0 Å². The maximum absolute atomic E-state index is 11.4. The molecule has 104 valence electrons. The summed E-state index contributed by atoms with van der Waals surface area (Å²) in [6.07, 6.45) is 3.04. The molecule has 3 rings (SSSR count). The molecule has 0 bridgehead atoms. The Hall–Kier alpha value is -0.390. The summed E-state index contributed by atoms with van der Waals surface area (Å²) in [5.41, 5.74) is 2.79. The van der Waals surface area contributed by atoms with Crippen molar-refractivity contribution >= 4 is 25.8 Å². The summed E-state index contributed by atoms with van der Waals surface area (Å²) in [5, 5.41) is 3.56. The first-order valence-corrected chi connectivity index (χ1v) is 9.37. The van der Waals surface area contributed by atoms with Crippen LogP contribution < -0.4 is 5.32 Å². The third kappa shape index (κ3) is 3.03. The van der Waals surface area contributed by atoms with E-state index in [0.29, 0.717) is 23.5 Å². The second-order valence-electron chi connectivity index (χ2n) is 5.61. The number of sulfone groups is 1. The Morgan fingerprint density at radius 2 is 2.16 bits per heavy atom. The van der Waals surface area contributed by atoms with Crippen molar-refractivity contribution < 1.29 is 8.42 Å². The normalized spacial score (nSPS) is 28.5. The number of hydrogen-bond acceptors (Lipinski definition) is 3. The average Bonchev–Trinajstić information content (AvgIpc) is 2.89. The van der Waals surface area contributed by atoms with Gasteiger partial charge in [0.15, 0.2) is 9.84 Å². The van der Waals surface area contributed by atoms with Crippen LogP contribution in [0.5, 0.6) is 0 Å². The molecule has 2 aliphatic rings. The molecule has 0 radical (unpaired) electrons. The highest BCUT2D eigenvalue weighted by Crippen LogP contribution is 2.33. The fourth-order valence-electron chi connectivity index (χ4n) is 3.14. The first-order chi connectivity index (χ1) is 9.03. The average molecular weight is 344 g/mol. The van der Waals surface area contributed by atoms with Gasteiger partial charge < -0.3 is 5.32 Å². The van der Waals surface area contributed by atoms with Gasteiger partial charge in [-0.1, -0.05) is 22.0 Å². The zero-order chi connectivity index (χ0) is 13.5. The summed E-state index contributed by atoms with van der Waals surface area (Å²) in [6, 6.07) is 6.84. The van der Waals surface area contributed by atoms with Crippen LogP contribution in [0, 0.1) is 5.92 Å². The van der Waals surface area contributed by atoms with Gasteiger partial charge in [-0.05, 0) is 55.0 Å². The van der Waals surface area contributed by atoms with Crippen molar-refractivity contribution in [1.82, 2.24) is 5.32 Å². The minimum atomic E-state index is -2.75. The molecule has 5 heteroatoms. The molecule has 3 nitrogen and oxygen atoms in total. The van der Waals surface area contributed by atoms with E-state index in [1.165, 1.54) is 11.1 Å². The smallest absolute Gasteiger partial charge is 0.150 e. The molecule has 0 amide bonds. The lowest BCUT2D eigenvalue weighted by atomic mass is 10.1. The molecule has 1 fully saturated rings. The van der Waals surface area contributed by atoms with Gasteiger partial charge in [0.25, 0.3) is 0 Å². The minimum absolute atomic E-state index is 0.296. The van der Waals surface area contributed by atoms with Crippen LogP contribution >= 0.6 is 15.9 Å². The highest BCUT2D eigenvalue weighted by molar-refractivity contribution is 9.10. The van der Waals surface area contributed by atoms with Crippen LogP contribution in [0.4, 0.5) is 0 Å². The largest absolute Gasteiger partial charge is 0.310 e. The van der Waals surface area contributed by atoms with Crippen molar-refractivity contribution in [2.75, 3.05) is 18.1 Å². The Morgan fingerprint density at radius 1 is 1.32 bits per heavy atom. The Morgan fingerprint density at radius 3 is 2.89 bits per heavy atom. The van der Waals surface area contributed by atoms with Crippen LogP contribution in [-0.2, 0) is 16.3 Å². The van der Waals surface area contributed by atoms with E-state index in [9.17, 15) is 8.42 Å². The van der Waals surface area contributed by atoms with Gasteiger partial charge in [0.1, 0.15) is 0 Å². The van der Waals surface area contributed by atoms with Gasteiger partial charge in [-0.15, -0.1) is 0 Å². The maximum atomic E-state index is 11.4.